The summed E-state index contributed by atoms with van der Waals surface area (Å²) in [5.74, 6) is 0.260. The van der Waals surface area contributed by atoms with Gasteiger partial charge in [-0.25, -0.2) is 0 Å². The molecule has 0 aliphatic rings. The van der Waals surface area contributed by atoms with Crippen LogP contribution in [0, 0.1) is 13.8 Å². The predicted molar refractivity (Wildman–Crippen MR) is 112 cm³/mol. The quantitative estimate of drug-likeness (QED) is 0.683. The number of hydrogen-bond acceptors (Lipinski definition) is 6. The monoisotopic (exact) mass is 412 g/mol. The molecule has 0 bridgehead atoms. The summed E-state index contributed by atoms with van der Waals surface area (Å²) in [7, 11) is 0. The molecule has 2 heterocycles. The minimum atomic E-state index is -1.00. The summed E-state index contributed by atoms with van der Waals surface area (Å²) >= 11 is 1.08. The smallest absolute Gasteiger partial charge is 0.280 e. The third-order valence-corrected chi connectivity index (χ3v) is 4.65. The van der Waals surface area contributed by atoms with Gasteiger partial charge in [-0.15, -0.1) is 5.10 Å². The molecule has 0 spiro atoms. The van der Waals surface area contributed by atoms with Gasteiger partial charge in [0.25, 0.3) is 11.8 Å². The number of aryl methyl sites for hydroxylation is 2. The van der Waals surface area contributed by atoms with Crippen molar-refractivity contribution in [1.82, 2.24) is 14.9 Å². The summed E-state index contributed by atoms with van der Waals surface area (Å²) in [6, 6.07) is 9.88. The Morgan fingerprint density at radius 1 is 1.10 bits per heavy atom. The van der Waals surface area contributed by atoms with Gasteiger partial charge in [0.1, 0.15) is 11.5 Å². The number of rotatable bonds is 5. The molecule has 0 saturated carbocycles. The highest BCUT2D eigenvalue weighted by molar-refractivity contribution is 7.03. The molecule has 152 valence electrons. The molecule has 0 unspecified atom stereocenters. The van der Waals surface area contributed by atoms with Crippen molar-refractivity contribution in [3.8, 4) is 0 Å². The van der Waals surface area contributed by atoms with E-state index in [4.69, 9.17) is 4.42 Å². The Labute approximate surface area is 173 Å². The first-order valence-electron chi connectivity index (χ1n) is 9.21. The SMILES string of the molecule is Cc1ccc(N(C(=O)c2csnn2)[C@H](C(=O)NC(C)(C)C)c2ccc(C)o2)cc1. The number of carbonyl (C=O) groups is 2. The number of amides is 2. The van der Waals surface area contributed by atoms with E-state index in [2.05, 4.69) is 14.9 Å². The second-order valence-corrected chi connectivity index (χ2v) is 8.50. The molecule has 1 N–H and O–H groups in total. The van der Waals surface area contributed by atoms with E-state index in [-0.39, 0.29) is 11.6 Å². The van der Waals surface area contributed by atoms with Crippen molar-refractivity contribution in [3.05, 3.63) is 64.6 Å². The van der Waals surface area contributed by atoms with Gasteiger partial charge in [-0.1, -0.05) is 22.2 Å². The van der Waals surface area contributed by atoms with Crippen LogP contribution in [0.2, 0.25) is 0 Å². The molecule has 8 heteroatoms. The second-order valence-electron chi connectivity index (χ2n) is 7.89. The van der Waals surface area contributed by atoms with Gasteiger partial charge in [0.15, 0.2) is 11.7 Å². The van der Waals surface area contributed by atoms with Gasteiger partial charge in [-0.05, 0) is 70.4 Å². The Hall–Kier alpha value is -3.00. The Bertz CT molecular complexity index is 988. The number of carbonyl (C=O) groups excluding carboxylic acids is 2. The van der Waals surface area contributed by atoms with E-state index < -0.39 is 17.5 Å². The van der Waals surface area contributed by atoms with Crippen LogP contribution in [-0.2, 0) is 4.79 Å². The van der Waals surface area contributed by atoms with Gasteiger partial charge in [-0.3, -0.25) is 14.5 Å². The van der Waals surface area contributed by atoms with E-state index in [0.717, 1.165) is 17.1 Å². The molecular formula is C21H24N4O3S. The van der Waals surface area contributed by atoms with Crippen molar-refractivity contribution in [2.24, 2.45) is 0 Å². The second kappa shape index (κ2) is 8.16. The molecule has 0 saturated heterocycles. The van der Waals surface area contributed by atoms with Crippen LogP contribution in [0.15, 0.2) is 46.2 Å². The van der Waals surface area contributed by atoms with Crippen molar-refractivity contribution >= 4 is 29.0 Å². The van der Waals surface area contributed by atoms with E-state index in [9.17, 15) is 9.59 Å². The molecule has 0 aliphatic carbocycles. The number of hydrogen-bond donors (Lipinski definition) is 1. The van der Waals surface area contributed by atoms with Crippen LogP contribution in [0.3, 0.4) is 0 Å². The molecule has 1 aromatic carbocycles. The minimum Gasteiger partial charge on any atom is -0.464 e. The van der Waals surface area contributed by atoms with Crippen LogP contribution in [0.4, 0.5) is 5.69 Å². The molecule has 2 amide bonds. The van der Waals surface area contributed by atoms with Crippen molar-refractivity contribution in [1.29, 1.82) is 0 Å². The zero-order valence-electron chi connectivity index (χ0n) is 17.1. The topological polar surface area (TPSA) is 88.3 Å². The van der Waals surface area contributed by atoms with E-state index in [0.29, 0.717) is 17.2 Å². The number of nitrogens with one attached hydrogen (secondary N) is 1. The normalized spacial score (nSPS) is 12.4. The van der Waals surface area contributed by atoms with Crippen LogP contribution >= 0.6 is 11.5 Å². The number of aromatic nitrogens is 2. The van der Waals surface area contributed by atoms with E-state index in [1.165, 1.54) is 4.90 Å². The number of benzene rings is 1. The molecule has 0 radical (unpaired) electrons. The maximum absolute atomic E-state index is 13.4. The summed E-state index contributed by atoms with van der Waals surface area (Å²) in [5, 5.41) is 8.44. The Kier molecular flexibility index (Phi) is 5.83. The Morgan fingerprint density at radius 3 is 2.31 bits per heavy atom. The molecule has 0 fully saturated rings. The lowest BCUT2D eigenvalue weighted by molar-refractivity contribution is -0.124. The van der Waals surface area contributed by atoms with Crippen molar-refractivity contribution in [2.45, 2.75) is 46.2 Å². The molecule has 29 heavy (non-hydrogen) atoms. The minimum absolute atomic E-state index is 0.174. The van der Waals surface area contributed by atoms with Gasteiger partial charge >= 0.3 is 0 Å². The first-order chi connectivity index (χ1) is 13.7. The van der Waals surface area contributed by atoms with Gasteiger partial charge in [0.05, 0.1) is 0 Å². The maximum atomic E-state index is 13.4. The average molecular weight is 413 g/mol. The number of nitrogens with zero attached hydrogens (tertiary/aromatic N) is 3. The molecule has 1 atom stereocenters. The lowest BCUT2D eigenvalue weighted by Gasteiger charge is -2.32. The van der Waals surface area contributed by atoms with Crippen molar-refractivity contribution < 1.29 is 14.0 Å². The summed E-state index contributed by atoms with van der Waals surface area (Å²) in [4.78, 5) is 28.1. The standard InChI is InChI=1S/C21H24N4O3S/c1-13-6-9-15(10-7-13)25(20(27)16-12-29-24-23-16)18(17-11-8-14(2)28-17)19(26)22-21(3,4)5/h6-12,18H,1-5H3,(H,22,26)/t18-/m0/s1. The van der Waals surface area contributed by atoms with Crippen molar-refractivity contribution in [3.63, 3.8) is 0 Å². The number of anilines is 1. The van der Waals surface area contributed by atoms with Crippen LogP contribution in [0.1, 0.15) is 54.4 Å². The maximum Gasteiger partial charge on any atom is 0.280 e. The van der Waals surface area contributed by atoms with Gasteiger partial charge < -0.3 is 9.73 Å². The van der Waals surface area contributed by atoms with Gasteiger partial charge in [0.2, 0.25) is 0 Å². The first kappa shape index (κ1) is 20.7. The highest BCUT2D eigenvalue weighted by Gasteiger charge is 2.37. The lowest BCUT2D eigenvalue weighted by Crippen LogP contribution is -2.49. The molecule has 2 aromatic heterocycles. The average Bonchev–Trinajstić information content (AvgIpc) is 3.30. The Morgan fingerprint density at radius 2 is 1.79 bits per heavy atom. The highest BCUT2D eigenvalue weighted by atomic mass is 32.1. The molecule has 0 aliphatic heterocycles. The molecule has 7 nitrogen and oxygen atoms in total. The third kappa shape index (κ3) is 4.89. The van der Waals surface area contributed by atoms with Crippen LogP contribution < -0.4 is 10.2 Å². The lowest BCUT2D eigenvalue weighted by atomic mass is 10.0. The fraction of sp³-hybridized carbons (Fsp3) is 0.333. The van der Waals surface area contributed by atoms with Gasteiger partial charge in [-0.2, -0.15) is 0 Å². The van der Waals surface area contributed by atoms with E-state index in [1.54, 1.807) is 36.6 Å². The summed E-state index contributed by atoms with van der Waals surface area (Å²) < 4.78 is 9.58. The fourth-order valence-electron chi connectivity index (χ4n) is 2.88. The summed E-state index contributed by atoms with van der Waals surface area (Å²) in [5.41, 5.74) is 1.30. The molecular weight excluding hydrogens is 388 g/mol. The van der Waals surface area contributed by atoms with Gasteiger partial charge in [0, 0.05) is 16.6 Å². The van der Waals surface area contributed by atoms with E-state index in [1.807, 2.05) is 39.8 Å². The van der Waals surface area contributed by atoms with Crippen molar-refractivity contribution in [2.75, 3.05) is 4.90 Å². The largest absolute Gasteiger partial charge is 0.464 e. The summed E-state index contributed by atoms with van der Waals surface area (Å²) in [6.45, 7) is 9.41. The first-order valence-corrected chi connectivity index (χ1v) is 10.0. The van der Waals surface area contributed by atoms with E-state index >= 15 is 0 Å². The highest BCUT2D eigenvalue weighted by Crippen LogP contribution is 2.31. The molecule has 3 aromatic rings. The number of furan rings is 1. The Balaban J connectivity index is 2.14. The van der Waals surface area contributed by atoms with Crippen LogP contribution in [0.25, 0.3) is 0 Å². The summed E-state index contributed by atoms with van der Waals surface area (Å²) in [6.07, 6.45) is 0. The fourth-order valence-corrected chi connectivity index (χ4v) is 3.31. The zero-order valence-corrected chi connectivity index (χ0v) is 17.9. The third-order valence-electron chi connectivity index (χ3n) is 4.15. The zero-order chi connectivity index (χ0) is 21.2. The van der Waals surface area contributed by atoms with Crippen LogP contribution in [-0.4, -0.2) is 26.9 Å². The molecule has 3 rings (SSSR count). The van der Waals surface area contributed by atoms with Crippen LogP contribution in [0.5, 0.6) is 0 Å². The predicted octanol–water partition coefficient (Wildman–Crippen LogP) is 4.05.